The molecule has 2 aromatic heterocycles. The van der Waals surface area contributed by atoms with Crippen molar-refractivity contribution in [2.45, 2.75) is 0 Å². The maximum Gasteiger partial charge on any atom is 0.109 e. The Kier molecular flexibility index (Phi) is 6.67. The van der Waals surface area contributed by atoms with E-state index in [1.807, 2.05) is 17.5 Å². The summed E-state index contributed by atoms with van der Waals surface area (Å²) in [6.07, 6.45) is 8.34. The Morgan fingerprint density at radius 1 is 1.20 bits per heavy atom. The molecule has 0 aliphatic carbocycles. The molecule has 0 fully saturated rings. The molecule has 0 amide bonds. The third-order valence-corrected chi connectivity index (χ3v) is 1.74. The highest BCUT2D eigenvalue weighted by Gasteiger charge is 1.73. The number of aliphatic imine (C=N–C) groups is 2. The number of rotatable bonds is 0. The maximum absolute atomic E-state index is 4.58. The highest BCUT2D eigenvalue weighted by Crippen LogP contribution is 1.85. The molecule has 4 nitrogen and oxygen atoms in total. The minimum atomic E-state index is 0.778. The number of furan rings is 1. The smallest absolute Gasteiger partial charge is 0.109 e. The molecule has 0 bridgehead atoms. The van der Waals surface area contributed by atoms with Crippen molar-refractivity contribution in [3.05, 3.63) is 41.7 Å². The molecule has 15 heavy (non-hydrogen) atoms. The summed E-state index contributed by atoms with van der Waals surface area (Å²) in [5.74, 6) is 0. The number of hydrogen-bond donors (Lipinski definition) is 0. The van der Waals surface area contributed by atoms with Crippen molar-refractivity contribution in [3.8, 4) is 0 Å². The van der Waals surface area contributed by atoms with Crippen LogP contribution in [-0.4, -0.2) is 24.1 Å². The lowest BCUT2D eigenvalue weighted by molar-refractivity contribution is 0.567. The zero-order chi connectivity index (χ0) is 10.6. The monoisotopic (exact) mass is 221 g/mol. The average Bonchev–Trinajstić information content (AvgIpc) is 3.09. The van der Waals surface area contributed by atoms with E-state index in [1.165, 1.54) is 0 Å². The standard InChI is InChI=1S/C4H4O.C3H4N2.C3H3NS/c1-2-4-5-3-1;2*1-2-5-3-4-1/h1-4H;1,3H,2H2;1-3H. The first kappa shape index (κ1) is 11.3. The lowest BCUT2D eigenvalue weighted by Gasteiger charge is -1.56. The average molecular weight is 221 g/mol. The summed E-state index contributed by atoms with van der Waals surface area (Å²) in [5.41, 5.74) is 1.79. The fourth-order valence-corrected chi connectivity index (χ4v) is 0.990. The van der Waals surface area contributed by atoms with Crippen LogP contribution in [0.15, 0.2) is 56.1 Å². The van der Waals surface area contributed by atoms with Gasteiger partial charge in [0.15, 0.2) is 0 Å². The Morgan fingerprint density at radius 2 is 2.07 bits per heavy atom. The second-order valence-electron chi connectivity index (χ2n) is 2.28. The summed E-state index contributed by atoms with van der Waals surface area (Å²) in [7, 11) is 0. The first-order chi connectivity index (χ1) is 7.50. The third kappa shape index (κ3) is 7.33. The van der Waals surface area contributed by atoms with Crippen molar-refractivity contribution in [2.24, 2.45) is 9.98 Å². The number of thiazole rings is 1. The van der Waals surface area contributed by atoms with E-state index in [2.05, 4.69) is 19.4 Å². The van der Waals surface area contributed by atoms with E-state index >= 15 is 0 Å². The molecule has 0 unspecified atom stereocenters. The molecule has 0 N–H and O–H groups in total. The summed E-state index contributed by atoms with van der Waals surface area (Å²) in [6.45, 7) is 0.778. The summed E-state index contributed by atoms with van der Waals surface area (Å²) < 4.78 is 4.58. The van der Waals surface area contributed by atoms with Crippen LogP contribution >= 0.6 is 11.3 Å². The Morgan fingerprint density at radius 3 is 2.27 bits per heavy atom. The molecular weight excluding hydrogens is 210 g/mol. The van der Waals surface area contributed by atoms with E-state index in [0.717, 1.165) is 6.54 Å². The zero-order valence-electron chi connectivity index (χ0n) is 8.06. The largest absolute Gasteiger partial charge is 0.473 e. The normalized spacial score (nSPS) is 11.2. The van der Waals surface area contributed by atoms with Gasteiger partial charge in [-0.15, -0.1) is 11.3 Å². The van der Waals surface area contributed by atoms with Crippen molar-refractivity contribution in [3.63, 3.8) is 0 Å². The Balaban J connectivity index is 0.000000112. The minimum absolute atomic E-state index is 0.778. The van der Waals surface area contributed by atoms with E-state index < -0.39 is 0 Å². The van der Waals surface area contributed by atoms with E-state index in [4.69, 9.17) is 0 Å². The molecule has 78 valence electrons. The molecule has 3 heterocycles. The topological polar surface area (TPSA) is 50.8 Å². The fraction of sp³-hybridized carbons (Fsp3) is 0.100. The van der Waals surface area contributed by atoms with Gasteiger partial charge in [-0.2, -0.15) is 0 Å². The number of hydrogen-bond acceptors (Lipinski definition) is 5. The van der Waals surface area contributed by atoms with Crippen LogP contribution in [0.5, 0.6) is 0 Å². The van der Waals surface area contributed by atoms with Crippen LogP contribution in [0.1, 0.15) is 0 Å². The molecule has 0 atom stereocenters. The van der Waals surface area contributed by atoms with E-state index in [0.29, 0.717) is 0 Å². The van der Waals surface area contributed by atoms with E-state index in [1.54, 1.807) is 48.1 Å². The van der Waals surface area contributed by atoms with Gasteiger partial charge in [0.1, 0.15) is 6.34 Å². The molecule has 0 saturated carbocycles. The predicted octanol–water partition coefficient (Wildman–Crippen LogP) is 2.52. The lowest BCUT2D eigenvalue weighted by atomic mass is 10.7. The number of nitrogens with zero attached hydrogens (tertiary/aromatic N) is 3. The molecule has 5 heteroatoms. The van der Waals surface area contributed by atoms with Crippen molar-refractivity contribution in [2.75, 3.05) is 6.54 Å². The third-order valence-electron chi connectivity index (χ3n) is 1.21. The van der Waals surface area contributed by atoms with Crippen LogP contribution < -0.4 is 0 Å². The van der Waals surface area contributed by atoms with Gasteiger partial charge in [0.25, 0.3) is 0 Å². The SMILES string of the molecule is C1=NC=NC1.c1ccoc1.c1cscn1. The number of aromatic nitrogens is 1. The molecule has 2 aromatic rings. The van der Waals surface area contributed by atoms with Crippen molar-refractivity contribution < 1.29 is 4.42 Å². The first-order valence-corrected chi connectivity index (χ1v) is 5.23. The van der Waals surface area contributed by atoms with Gasteiger partial charge in [0.05, 0.1) is 24.6 Å². The van der Waals surface area contributed by atoms with Gasteiger partial charge in [0, 0.05) is 17.8 Å². The lowest BCUT2D eigenvalue weighted by Crippen LogP contribution is -1.65. The molecule has 1 aliphatic heterocycles. The zero-order valence-corrected chi connectivity index (χ0v) is 8.88. The van der Waals surface area contributed by atoms with Crippen LogP contribution in [-0.2, 0) is 0 Å². The highest BCUT2D eigenvalue weighted by molar-refractivity contribution is 7.07. The first-order valence-electron chi connectivity index (χ1n) is 4.29. The van der Waals surface area contributed by atoms with Gasteiger partial charge in [-0.25, -0.2) is 4.99 Å². The van der Waals surface area contributed by atoms with Crippen molar-refractivity contribution in [1.82, 2.24) is 4.98 Å². The molecule has 1 aliphatic rings. The van der Waals surface area contributed by atoms with Gasteiger partial charge in [-0.3, -0.25) is 9.98 Å². The van der Waals surface area contributed by atoms with Gasteiger partial charge < -0.3 is 4.42 Å². The quantitative estimate of drug-likeness (QED) is 0.686. The Labute approximate surface area is 92.0 Å². The summed E-state index contributed by atoms with van der Waals surface area (Å²) in [5, 5.41) is 1.93. The van der Waals surface area contributed by atoms with Gasteiger partial charge in [0.2, 0.25) is 0 Å². The molecule has 0 radical (unpaired) electrons. The molecule has 3 rings (SSSR count). The molecule has 0 spiro atoms. The summed E-state index contributed by atoms with van der Waals surface area (Å²) in [6, 6.07) is 3.67. The van der Waals surface area contributed by atoms with E-state index in [-0.39, 0.29) is 0 Å². The highest BCUT2D eigenvalue weighted by atomic mass is 32.1. The Bertz CT molecular complexity index is 283. The van der Waals surface area contributed by atoms with Crippen LogP contribution in [0, 0.1) is 0 Å². The van der Waals surface area contributed by atoms with Crippen LogP contribution in [0.25, 0.3) is 0 Å². The van der Waals surface area contributed by atoms with Gasteiger partial charge in [-0.05, 0) is 12.1 Å². The van der Waals surface area contributed by atoms with E-state index in [9.17, 15) is 0 Å². The molecule has 0 aromatic carbocycles. The second kappa shape index (κ2) is 8.83. The van der Waals surface area contributed by atoms with Crippen molar-refractivity contribution in [1.29, 1.82) is 0 Å². The minimum Gasteiger partial charge on any atom is -0.473 e. The maximum atomic E-state index is 4.58. The Hall–Kier alpha value is -1.75. The van der Waals surface area contributed by atoms with Gasteiger partial charge >= 0.3 is 0 Å². The summed E-state index contributed by atoms with van der Waals surface area (Å²) in [4.78, 5) is 11.1. The predicted molar refractivity (Wildman–Crippen MR) is 62.7 cm³/mol. The fourth-order valence-electron chi connectivity index (χ4n) is 0.638. The summed E-state index contributed by atoms with van der Waals surface area (Å²) >= 11 is 1.60. The molecular formula is C10H11N3OS. The van der Waals surface area contributed by atoms with Crippen LogP contribution in [0.2, 0.25) is 0 Å². The second-order valence-corrected chi connectivity index (χ2v) is 3.04. The van der Waals surface area contributed by atoms with Crippen molar-refractivity contribution >= 4 is 23.9 Å². The van der Waals surface area contributed by atoms with Crippen LogP contribution in [0.3, 0.4) is 0 Å². The van der Waals surface area contributed by atoms with Crippen LogP contribution in [0.4, 0.5) is 0 Å². The molecule has 0 saturated heterocycles. The van der Waals surface area contributed by atoms with Gasteiger partial charge in [-0.1, -0.05) is 0 Å².